The number of aliphatic hydroxyl groups excluding tert-OH is 1. The molecular formula is C28H46O3Si. The molecule has 3 fully saturated rings. The Bertz CT molecular complexity index is 821. The van der Waals surface area contributed by atoms with E-state index in [-0.39, 0.29) is 34.0 Å². The van der Waals surface area contributed by atoms with Crippen LogP contribution in [0.25, 0.3) is 0 Å². The average Bonchev–Trinajstić information content (AvgIpc) is 3.04. The van der Waals surface area contributed by atoms with Crippen molar-refractivity contribution in [2.24, 2.45) is 34.5 Å². The summed E-state index contributed by atoms with van der Waals surface area (Å²) < 4.78 is 6.77. The lowest BCUT2D eigenvalue weighted by Crippen LogP contribution is -2.54. The molecule has 0 unspecified atom stereocenters. The van der Waals surface area contributed by atoms with E-state index in [9.17, 15) is 9.90 Å². The molecule has 180 valence electrons. The molecule has 0 radical (unpaired) electrons. The fraction of sp³-hybridized carbons (Fsp3) is 0.821. The summed E-state index contributed by atoms with van der Waals surface area (Å²) in [6, 6.07) is 0. The molecule has 4 aliphatic rings. The van der Waals surface area contributed by atoms with Gasteiger partial charge in [-0.05, 0) is 79.8 Å². The van der Waals surface area contributed by atoms with E-state index in [0.717, 1.165) is 25.7 Å². The minimum Gasteiger partial charge on any atom is -0.414 e. The van der Waals surface area contributed by atoms with E-state index in [1.54, 1.807) is 5.57 Å². The zero-order valence-electron chi connectivity index (χ0n) is 21.7. The minimum absolute atomic E-state index is 0.123. The van der Waals surface area contributed by atoms with Crippen molar-refractivity contribution in [3.05, 3.63) is 23.3 Å². The van der Waals surface area contributed by atoms with E-state index in [1.165, 1.54) is 24.7 Å². The Balaban J connectivity index is 1.62. The maximum absolute atomic E-state index is 11.6. The molecule has 3 nitrogen and oxygen atoms in total. The van der Waals surface area contributed by atoms with Crippen molar-refractivity contribution in [1.29, 1.82) is 0 Å². The van der Waals surface area contributed by atoms with E-state index < -0.39 is 8.32 Å². The highest BCUT2D eigenvalue weighted by molar-refractivity contribution is 6.74. The van der Waals surface area contributed by atoms with Crippen LogP contribution in [0.2, 0.25) is 18.1 Å². The first-order valence-electron chi connectivity index (χ1n) is 13.0. The average molecular weight is 459 g/mol. The highest BCUT2D eigenvalue weighted by Crippen LogP contribution is 2.66. The summed E-state index contributed by atoms with van der Waals surface area (Å²) in [5.41, 5.74) is 3.01. The lowest BCUT2D eigenvalue weighted by atomic mass is 9.49. The van der Waals surface area contributed by atoms with Crippen LogP contribution in [0.1, 0.15) is 80.1 Å². The van der Waals surface area contributed by atoms with Gasteiger partial charge in [-0.1, -0.05) is 64.8 Å². The molecule has 4 rings (SSSR count). The highest BCUT2D eigenvalue weighted by Gasteiger charge is 2.59. The predicted octanol–water partition coefficient (Wildman–Crippen LogP) is 6.68. The van der Waals surface area contributed by atoms with Gasteiger partial charge in [-0.15, -0.1) is 0 Å². The molecule has 8 atom stereocenters. The van der Waals surface area contributed by atoms with Gasteiger partial charge in [0.25, 0.3) is 0 Å². The molecule has 0 heterocycles. The Morgan fingerprint density at radius 3 is 2.47 bits per heavy atom. The lowest BCUT2D eigenvalue weighted by Gasteiger charge is -2.57. The van der Waals surface area contributed by atoms with Gasteiger partial charge in [0.2, 0.25) is 0 Å². The number of hydrogen-bond donors (Lipinski definition) is 1. The van der Waals surface area contributed by atoms with Gasteiger partial charge < -0.3 is 14.3 Å². The molecule has 0 aromatic carbocycles. The van der Waals surface area contributed by atoms with Crippen LogP contribution in [0.15, 0.2) is 23.3 Å². The van der Waals surface area contributed by atoms with Crippen molar-refractivity contribution in [2.45, 2.75) is 110 Å². The molecular weight excluding hydrogens is 412 g/mol. The topological polar surface area (TPSA) is 46.5 Å². The zero-order valence-corrected chi connectivity index (χ0v) is 22.7. The summed E-state index contributed by atoms with van der Waals surface area (Å²) in [4.78, 5) is 11.6. The molecule has 1 N–H and O–H groups in total. The number of carbonyl (C=O) groups is 1. The number of rotatable bonds is 4. The Morgan fingerprint density at radius 1 is 1.16 bits per heavy atom. The van der Waals surface area contributed by atoms with Crippen LogP contribution in [-0.2, 0) is 9.22 Å². The molecule has 0 aromatic heterocycles. The fourth-order valence-electron chi connectivity index (χ4n) is 7.71. The van der Waals surface area contributed by atoms with Crippen molar-refractivity contribution in [1.82, 2.24) is 0 Å². The second kappa shape index (κ2) is 7.92. The third kappa shape index (κ3) is 3.55. The van der Waals surface area contributed by atoms with E-state index in [4.69, 9.17) is 4.43 Å². The maximum Gasteiger partial charge on any atom is 0.192 e. The Morgan fingerprint density at radius 2 is 1.84 bits per heavy atom. The molecule has 0 aliphatic heterocycles. The van der Waals surface area contributed by atoms with E-state index >= 15 is 0 Å². The summed E-state index contributed by atoms with van der Waals surface area (Å²) in [6.45, 7) is 18.4. The minimum atomic E-state index is -1.87. The Hall–Kier alpha value is -0.713. The van der Waals surface area contributed by atoms with Crippen LogP contribution in [0.3, 0.4) is 0 Å². The van der Waals surface area contributed by atoms with Gasteiger partial charge >= 0.3 is 0 Å². The van der Waals surface area contributed by atoms with Crippen molar-refractivity contribution < 1.29 is 14.3 Å². The predicted molar refractivity (Wildman–Crippen MR) is 134 cm³/mol. The molecule has 0 bridgehead atoms. The first kappa shape index (κ1) is 24.4. The van der Waals surface area contributed by atoms with Crippen molar-refractivity contribution in [3.8, 4) is 0 Å². The lowest BCUT2D eigenvalue weighted by molar-refractivity contribution is -0.113. The van der Waals surface area contributed by atoms with Gasteiger partial charge in [0.15, 0.2) is 8.32 Å². The standard InChI is InChI=1S/C28H46O3Si/c1-18(17-29)22-11-12-23-21-10-9-19-15-20(31-32(7,8)26(2,3)4)16-25(30)28(19,6)24(21)13-14-27(22,23)5/h9-10,17-18,20,22-25,30H,11-16H2,1-8H3/t18-,20+,22+,23-,24-,25-,27+,28-/m0/s1. The zero-order chi connectivity index (χ0) is 23.7. The smallest absolute Gasteiger partial charge is 0.192 e. The quantitative estimate of drug-likeness (QED) is 0.377. The van der Waals surface area contributed by atoms with Gasteiger partial charge in [0.1, 0.15) is 6.29 Å². The van der Waals surface area contributed by atoms with Gasteiger partial charge in [-0.3, -0.25) is 0 Å². The molecule has 4 heteroatoms. The molecule has 3 saturated carbocycles. The molecule has 4 aliphatic carbocycles. The number of fused-ring (bicyclic) bond motifs is 5. The van der Waals surface area contributed by atoms with Crippen LogP contribution < -0.4 is 0 Å². The molecule has 0 spiro atoms. The Labute approximate surface area is 197 Å². The summed E-state index contributed by atoms with van der Waals surface area (Å²) >= 11 is 0. The number of aldehydes is 1. The summed E-state index contributed by atoms with van der Waals surface area (Å²) in [5, 5.41) is 11.8. The summed E-state index contributed by atoms with van der Waals surface area (Å²) in [6.07, 6.45) is 12.0. The van der Waals surface area contributed by atoms with Crippen molar-refractivity contribution in [3.63, 3.8) is 0 Å². The fourth-order valence-corrected chi connectivity index (χ4v) is 9.08. The third-order valence-electron chi connectivity index (χ3n) is 10.8. The monoisotopic (exact) mass is 458 g/mol. The normalized spacial score (nSPS) is 42.8. The van der Waals surface area contributed by atoms with Crippen LogP contribution in [0.5, 0.6) is 0 Å². The van der Waals surface area contributed by atoms with E-state index in [0.29, 0.717) is 17.8 Å². The molecule has 0 amide bonds. The van der Waals surface area contributed by atoms with E-state index in [1.807, 2.05) is 0 Å². The second-order valence-electron chi connectivity index (χ2n) is 13.4. The SMILES string of the molecule is C[C@@H](C=O)[C@H]1CC[C@H]2C3=CC=C4C[C@@H](O[Si](C)(C)C(C)(C)C)C[C@H](O)[C@]4(C)[C@H]3CC[C@]12C. The third-order valence-corrected chi connectivity index (χ3v) is 15.4. The number of hydrogen-bond acceptors (Lipinski definition) is 3. The first-order valence-corrected chi connectivity index (χ1v) is 15.9. The summed E-state index contributed by atoms with van der Waals surface area (Å²) in [7, 11) is -1.87. The first-order chi connectivity index (χ1) is 14.8. The van der Waals surface area contributed by atoms with Gasteiger partial charge in [-0.2, -0.15) is 0 Å². The second-order valence-corrected chi connectivity index (χ2v) is 18.2. The van der Waals surface area contributed by atoms with Crippen LogP contribution in [0.4, 0.5) is 0 Å². The van der Waals surface area contributed by atoms with Crippen LogP contribution in [-0.4, -0.2) is 31.9 Å². The van der Waals surface area contributed by atoms with Gasteiger partial charge in [0, 0.05) is 11.3 Å². The summed E-state index contributed by atoms with van der Waals surface area (Å²) in [5.74, 6) is 1.61. The van der Waals surface area contributed by atoms with Gasteiger partial charge in [-0.25, -0.2) is 0 Å². The van der Waals surface area contributed by atoms with Gasteiger partial charge in [0.05, 0.1) is 12.2 Å². The van der Waals surface area contributed by atoms with Crippen LogP contribution in [0, 0.1) is 34.5 Å². The molecule has 0 saturated heterocycles. The number of aliphatic hydroxyl groups is 1. The van der Waals surface area contributed by atoms with E-state index in [2.05, 4.69) is 66.8 Å². The molecule has 0 aromatic rings. The largest absolute Gasteiger partial charge is 0.414 e. The highest BCUT2D eigenvalue weighted by atomic mass is 28.4. The number of allylic oxidation sites excluding steroid dienone is 3. The Kier molecular flexibility index (Phi) is 6.04. The van der Waals surface area contributed by atoms with Crippen LogP contribution >= 0.6 is 0 Å². The maximum atomic E-state index is 11.6. The van der Waals surface area contributed by atoms with Crippen molar-refractivity contribution in [2.75, 3.05) is 0 Å². The number of carbonyl (C=O) groups excluding carboxylic acids is 1. The van der Waals surface area contributed by atoms with Crippen molar-refractivity contribution >= 4 is 14.6 Å². The molecule has 32 heavy (non-hydrogen) atoms.